The first-order valence-electron chi connectivity index (χ1n) is 12.8. The predicted molar refractivity (Wildman–Crippen MR) is 155 cm³/mol. The lowest BCUT2D eigenvalue weighted by Gasteiger charge is -2.33. The van der Waals surface area contributed by atoms with Crippen LogP contribution in [-0.4, -0.2) is 58.5 Å². The van der Waals surface area contributed by atoms with Crippen LogP contribution in [0.25, 0.3) is 0 Å². The van der Waals surface area contributed by atoms with Gasteiger partial charge in [0.05, 0.1) is 24.3 Å². The van der Waals surface area contributed by atoms with Gasteiger partial charge in [-0.15, -0.1) is 0 Å². The lowest BCUT2D eigenvalue weighted by atomic mass is 10.1. The van der Waals surface area contributed by atoms with Crippen LogP contribution in [0.4, 0.5) is 5.69 Å². The summed E-state index contributed by atoms with van der Waals surface area (Å²) < 4.78 is 39.5. The van der Waals surface area contributed by atoms with Gasteiger partial charge in [0, 0.05) is 18.6 Å². The molecule has 3 aromatic rings. The molecule has 11 heteroatoms. The van der Waals surface area contributed by atoms with E-state index in [4.69, 9.17) is 21.1 Å². The number of anilines is 1. The summed E-state index contributed by atoms with van der Waals surface area (Å²) in [6.45, 7) is 3.64. The molecule has 1 atom stereocenters. The van der Waals surface area contributed by atoms with E-state index < -0.39 is 28.5 Å². The molecule has 0 saturated carbocycles. The lowest BCUT2D eigenvalue weighted by molar-refractivity contribution is -0.140. The van der Waals surface area contributed by atoms with Crippen molar-refractivity contribution in [1.29, 1.82) is 0 Å². The molecule has 9 nitrogen and oxygen atoms in total. The summed E-state index contributed by atoms with van der Waals surface area (Å²) in [7, 11) is -1.14. The third-order valence-corrected chi connectivity index (χ3v) is 8.30. The molecule has 1 unspecified atom stereocenters. The Hall–Kier alpha value is -3.76. The number of carbonyl (C=O) groups is 2. The SMILES string of the molecule is CCOc1ccc(N(CC(=O)N(Cc2ccc(OC)cc2)C(CC)C(=O)NC)S(=O)(=O)c2ccc(Cl)cc2)cc1. The van der Waals surface area contributed by atoms with E-state index in [-0.39, 0.29) is 23.0 Å². The number of nitrogens with zero attached hydrogens (tertiary/aromatic N) is 2. The second-order valence-electron chi connectivity index (χ2n) is 8.80. The summed E-state index contributed by atoms with van der Waals surface area (Å²) in [5, 5.41) is 2.99. The number of hydrogen-bond acceptors (Lipinski definition) is 6. The molecule has 3 aromatic carbocycles. The highest BCUT2D eigenvalue weighted by Gasteiger charge is 2.33. The minimum atomic E-state index is -4.20. The van der Waals surface area contributed by atoms with E-state index in [1.807, 2.05) is 6.92 Å². The maximum atomic E-state index is 13.9. The van der Waals surface area contributed by atoms with Crippen LogP contribution in [0.1, 0.15) is 25.8 Å². The monoisotopic (exact) mass is 587 g/mol. The number of nitrogens with one attached hydrogen (secondary N) is 1. The summed E-state index contributed by atoms with van der Waals surface area (Å²) in [4.78, 5) is 28.1. The summed E-state index contributed by atoms with van der Waals surface area (Å²) in [5.41, 5.74) is 1.02. The fraction of sp³-hybridized carbons (Fsp3) is 0.310. The molecule has 3 rings (SSSR count). The van der Waals surface area contributed by atoms with Gasteiger partial charge in [-0.2, -0.15) is 0 Å². The van der Waals surface area contributed by atoms with E-state index in [1.165, 1.54) is 36.2 Å². The zero-order chi connectivity index (χ0) is 29.3. The highest BCUT2D eigenvalue weighted by Crippen LogP contribution is 2.27. The molecule has 0 fully saturated rings. The normalized spacial score (nSPS) is 11.8. The van der Waals surface area contributed by atoms with Gasteiger partial charge in [0.15, 0.2) is 0 Å². The number of sulfonamides is 1. The first-order chi connectivity index (χ1) is 19.1. The molecule has 0 heterocycles. The number of carbonyl (C=O) groups excluding carboxylic acids is 2. The number of halogens is 1. The first-order valence-corrected chi connectivity index (χ1v) is 14.6. The summed E-state index contributed by atoms with van der Waals surface area (Å²) in [6, 6.07) is 18.5. The average Bonchev–Trinajstić information content (AvgIpc) is 2.96. The number of hydrogen-bond donors (Lipinski definition) is 1. The van der Waals surface area contributed by atoms with Crippen molar-refractivity contribution in [2.45, 2.75) is 37.8 Å². The van der Waals surface area contributed by atoms with Crippen molar-refractivity contribution in [2.24, 2.45) is 0 Å². The molecule has 0 spiro atoms. The zero-order valence-corrected chi connectivity index (χ0v) is 24.5. The third kappa shape index (κ3) is 7.45. The van der Waals surface area contributed by atoms with Crippen LogP contribution in [-0.2, 0) is 26.2 Å². The van der Waals surface area contributed by atoms with Crippen molar-refractivity contribution in [3.05, 3.63) is 83.4 Å². The third-order valence-electron chi connectivity index (χ3n) is 6.26. The number of benzene rings is 3. The van der Waals surface area contributed by atoms with E-state index in [9.17, 15) is 18.0 Å². The standard InChI is InChI=1S/C29H34ClN3O6S/c1-5-27(29(35)31-3)32(19-21-7-13-24(38-4)14-8-21)28(34)20-33(23-11-15-25(16-12-23)39-6-2)40(36,37)26-17-9-22(30)10-18-26/h7-18,27H,5-6,19-20H2,1-4H3,(H,31,35). The number of rotatable bonds is 13. The molecule has 214 valence electrons. The quantitative estimate of drug-likeness (QED) is 0.316. The minimum Gasteiger partial charge on any atom is -0.497 e. The van der Waals surface area contributed by atoms with Crippen LogP contribution < -0.4 is 19.1 Å². The Balaban J connectivity index is 2.04. The van der Waals surface area contributed by atoms with Crippen LogP contribution in [0.3, 0.4) is 0 Å². The maximum Gasteiger partial charge on any atom is 0.264 e. The summed E-state index contributed by atoms with van der Waals surface area (Å²) in [5.74, 6) is 0.319. The van der Waals surface area contributed by atoms with Crippen molar-refractivity contribution < 1.29 is 27.5 Å². The maximum absolute atomic E-state index is 13.9. The summed E-state index contributed by atoms with van der Waals surface area (Å²) in [6.07, 6.45) is 0.328. The van der Waals surface area contributed by atoms with Gasteiger partial charge < -0.3 is 19.7 Å². The molecule has 1 N–H and O–H groups in total. The van der Waals surface area contributed by atoms with Gasteiger partial charge in [-0.1, -0.05) is 30.7 Å². The molecule has 0 radical (unpaired) electrons. The number of methoxy groups -OCH3 is 1. The summed E-state index contributed by atoms with van der Waals surface area (Å²) >= 11 is 5.99. The smallest absolute Gasteiger partial charge is 0.264 e. The molecular weight excluding hydrogens is 554 g/mol. The predicted octanol–water partition coefficient (Wildman–Crippen LogP) is 4.50. The molecule has 0 aliphatic carbocycles. The molecule has 0 bridgehead atoms. The van der Waals surface area contributed by atoms with Gasteiger partial charge in [-0.25, -0.2) is 8.42 Å². The molecule has 0 saturated heterocycles. The Morgan fingerprint density at radius 2 is 1.52 bits per heavy atom. The van der Waals surface area contributed by atoms with Crippen LogP contribution in [0.5, 0.6) is 11.5 Å². The molecule has 0 aliphatic heterocycles. The average molecular weight is 588 g/mol. The first kappa shape index (κ1) is 30.8. The Morgan fingerprint density at radius 3 is 2.05 bits per heavy atom. The van der Waals surface area contributed by atoms with Crippen molar-refractivity contribution in [2.75, 3.05) is 31.6 Å². The van der Waals surface area contributed by atoms with E-state index in [2.05, 4.69) is 5.32 Å². The van der Waals surface area contributed by atoms with Crippen molar-refractivity contribution in [3.63, 3.8) is 0 Å². The van der Waals surface area contributed by atoms with E-state index in [0.29, 0.717) is 29.5 Å². The molecular formula is C29H34ClN3O6S. The molecule has 40 heavy (non-hydrogen) atoms. The van der Waals surface area contributed by atoms with Crippen LogP contribution >= 0.6 is 11.6 Å². The number of likely N-dealkylation sites (N-methyl/N-ethyl adjacent to an activating group) is 1. The van der Waals surface area contributed by atoms with Gasteiger partial charge in [0.2, 0.25) is 11.8 Å². The van der Waals surface area contributed by atoms with E-state index in [0.717, 1.165) is 9.87 Å². The second-order valence-corrected chi connectivity index (χ2v) is 11.1. The Labute approximate surface area is 240 Å². The molecule has 0 aliphatic rings. The van der Waals surface area contributed by atoms with E-state index in [1.54, 1.807) is 62.6 Å². The lowest BCUT2D eigenvalue weighted by Crippen LogP contribution is -2.51. The molecule has 2 amide bonds. The van der Waals surface area contributed by atoms with Crippen LogP contribution in [0, 0.1) is 0 Å². The van der Waals surface area contributed by atoms with Gasteiger partial charge in [0.25, 0.3) is 10.0 Å². The van der Waals surface area contributed by atoms with E-state index >= 15 is 0 Å². The van der Waals surface area contributed by atoms with Crippen LogP contribution in [0.15, 0.2) is 77.7 Å². The fourth-order valence-electron chi connectivity index (χ4n) is 4.15. The second kappa shape index (κ2) is 14.0. The fourth-order valence-corrected chi connectivity index (χ4v) is 5.69. The Bertz CT molecular complexity index is 1380. The van der Waals surface area contributed by atoms with Crippen LogP contribution in [0.2, 0.25) is 5.02 Å². The van der Waals surface area contributed by atoms with Gasteiger partial charge in [0.1, 0.15) is 24.1 Å². The van der Waals surface area contributed by atoms with Gasteiger partial charge >= 0.3 is 0 Å². The van der Waals surface area contributed by atoms with Gasteiger partial charge in [-0.05, 0) is 79.6 Å². The Morgan fingerprint density at radius 1 is 0.925 bits per heavy atom. The zero-order valence-electron chi connectivity index (χ0n) is 23.0. The topological polar surface area (TPSA) is 105 Å². The highest BCUT2D eigenvalue weighted by molar-refractivity contribution is 7.92. The van der Waals surface area contributed by atoms with Crippen molar-refractivity contribution in [1.82, 2.24) is 10.2 Å². The minimum absolute atomic E-state index is 0.0290. The Kier molecular flexibility index (Phi) is 10.8. The van der Waals surface area contributed by atoms with Crippen molar-refractivity contribution in [3.8, 4) is 11.5 Å². The largest absolute Gasteiger partial charge is 0.497 e. The number of ether oxygens (including phenoxy) is 2. The van der Waals surface area contributed by atoms with Gasteiger partial charge in [-0.3, -0.25) is 13.9 Å². The number of amides is 2. The van der Waals surface area contributed by atoms with Crippen molar-refractivity contribution >= 4 is 39.1 Å². The molecule has 0 aromatic heterocycles. The highest BCUT2D eigenvalue weighted by atomic mass is 35.5.